The van der Waals surface area contributed by atoms with Crippen molar-refractivity contribution in [3.05, 3.63) is 47.1 Å². The van der Waals surface area contributed by atoms with Crippen molar-refractivity contribution in [1.29, 1.82) is 0 Å². The SMILES string of the molecule is COc1ccc(Cl)cc1NC(=O)COc1cc(C(=O)O)ccn1. The number of aromatic carboxylic acids is 1. The largest absolute Gasteiger partial charge is 0.495 e. The molecule has 0 unspecified atom stereocenters. The summed E-state index contributed by atoms with van der Waals surface area (Å²) in [5.41, 5.74) is 0.424. The van der Waals surface area contributed by atoms with Gasteiger partial charge in [-0.25, -0.2) is 9.78 Å². The Balaban J connectivity index is 1.99. The Morgan fingerprint density at radius 3 is 2.78 bits per heavy atom. The topological polar surface area (TPSA) is 97.8 Å². The van der Waals surface area contributed by atoms with Crippen LogP contribution in [0.4, 0.5) is 5.69 Å². The van der Waals surface area contributed by atoms with Gasteiger partial charge in [0, 0.05) is 17.3 Å². The number of hydrogen-bond donors (Lipinski definition) is 2. The number of ether oxygens (including phenoxy) is 2. The monoisotopic (exact) mass is 336 g/mol. The Bertz CT molecular complexity index is 736. The summed E-state index contributed by atoms with van der Waals surface area (Å²) in [6.07, 6.45) is 1.29. The zero-order valence-electron chi connectivity index (χ0n) is 12.1. The first-order valence-electron chi connectivity index (χ1n) is 6.45. The van der Waals surface area contributed by atoms with Crippen molar-refractivity contribution in [2.75, 3.05) is 19.0 Å². The fourth-order valence-corrected chi connectivity index (χ4v) is 1.90. The van der Waals surface area contributed by atoms with Gasteiger partial charge in [-0.3, -0.25) is 4.79 Å². The Hall–Kier alpha value is -2.80. The molecule has 1 aromatic carbocycles. The van der Waals surface area contributed by atoms with E-state index in [-0.39, 0.29) is 18.1 Å². The first kappa shape index (κ1) is 16.6. The second kappa shape index (κ2) is 7.46. The van der Waals surface area contributed by atoms with Crippen LogP contribution in [-0.4, -0.2) is 35.7 Å². The minimum atomic E-state index is -1.11. The van der Waals surface area contributed by atoms with E-state index in [1.165, 1.54) is 25.4 Å². The lowest BCUT2D eigenvalue weighted by molar-refractivity contribution is -0.118. The van der Waals surface area contributed by atoms with Gasteiger partial charge in [0.05, 0.1) is 18.4 Å². The molecule has 0 radical (unpaired) electrons. The molecule has 0 aliphatic rings. The zero-order valence-corrected chi connectivity index (χ0v) is 12.8. The predicted molar refractivity (Wildman–Crippen MR) is 83.3 cm³/mol. The number of carboxylic acid groups (broad SMARTS) is 1. The summed E-state index contributed by atoms with van der Waals surface area (Å²) in [6, 6.07) is 7.35. The van der Waals surface area contributed by atoms with Crippen LogP contribution >= 0.6 is 11.6 Å². The third-order valence-corrected chi connectivity index (χ3v) is 3.00. The molecule has 120 valence electrons. The van der Waals surface area contributed by atoms with Crippen LogP contribution in [0.5, 0.6) is 11.6 Å². The van der Waals surface area contributed by atoms with E-state index in [1.807, 2.05) is 0 Å². The van der Waals surface area contributed by atoms with Gasteiger partial charge in [0.1, 0.15) is 5.75 Å². The highest BCUT2D eigenvalue weighted by Gasteiger charge is 2.10. The lowest BCUT2D eigenvalue weighted by Crippen LogP contribution is -2.21. The van der Waals surface area contributed by atoms with Crippen LogP contribution in [-0.2, 0) is 4.79 Å². The van der Waals surface area contributed by atoms with Gasteiger partial charge >= 0.3 is 5.97 Å². The molecule has 23 heavy (non-hydrogen) atoms. The maximum absolute atomic E-state index is 11.9. The smallest absolute Gasteiger partial charge is 0.335 e. The second-order valence-electron chi connectivity index (χ2n) is 4.37. The normalized spacial score (nSPS) is 10.0. The number of carboxylic acids is 1. The Kier molecular flexibility index (Phi) is 5.37. The number of aromatic nitrogens is 1. The summed E-state index contributed by atoms with van der Waals surface area (Å²) in [6.45, 7) is -0.342. The van der Waals surface area contributed by atoms with Gasteiger partial charge in [-0.15, -0.1) is 0 Å². The first-order chi connectivity index (χ1) is 11.0. The number of amides is 1. The molecule has 0 aliphatic carbocycles. The van der Waals surface area contributed by atoms with E-state index in [0.29, 0.717) is 16.5 Å². The van der Waals surface area contributed by atoms with Crippen LogP contribution in [0.1, 0.15) is 10.4 Å². The molecule has 1 aromatic heterocycles. The highest BCUT2D eigenvalue weighted by atomic mass is 35.5. The molecular weight excluding hydrogens is 324 g/mol. The number of carbonyl (C=O) groups excluding carboxylic acids is 1. The van der Waals surface area contributed by atoms with E-state index < -0.39 is 11.9 Å². The third-order valence-electron chi connectivity index (χ3n) is 2.77. The molecule has 0 spiro atoms. The van der Waals surface area contributed by atoms with Crippen LogP contribution in [0.25, 0.3) is 0 Å². The summed E-state index contributed by atoms with van der Waals surface area (Å²) in [5.74, 6) is -1.08. The van der Waals surface area contributed by atoms with Gasteiger partial charge in [0.2, 0.25) is 5.88 Å². The molecule has 7 nitrogen and oxygen atoms in total. The van der Waals surface area contributed by atoms with Crippen molar-refractivity contribution in [3.8, 4) is 11.6 Å². The summed E-state index contributed by atoms with van der Waals surface area (Å²) < 4.78 is 10.3. The minimum absolute atomic E-state index is 0.0203. The molecule has 0 saturated carbocycles. The molecule has 2 rings (SSSR count). The number of nitrogens with zero attached hydrogens (tertiary/aromatic N) is 1. The maximum Gasteiger partial charge on any atom is 0.335 e. The lowest BCUT2D eigenvalue weighted by atomic mass is 10.3. The number of nitrogens with one attached hydrogen (secondary N) is 1. The molecular formula is C15H13ClN2O5. The number of rotatable bonds is 6. The third kappa shape index (κ3) is 4.58. The summed E-state index contributed by atoms with van der Waals surface area (Å²) >= 11 is 5.87. The zero-order chi connectivity index (χ0) is 16.8. The molecule has 8 heteroatoms. The number of carbonyl (C=O) groups is 2. The van der Waals surface area contributed by atoms with Crippen LogP contribution in [0.15, 0.2) is 36.5 Å². The van der Waals surface area contributed by atoms with E-state index in [2.05, 4.69) is 10.3 Å². The maximum atomic E-state index is 11.9. The van der Waals surface area contributed by atoms with E-state index in [0.717, 1.165) is 0 Å². The fourth-order valence-electron chi connectivity index (χ4n) is 1.73. The van der Waals surface area contributed by atoms with Gasteiger partial charge < -0.3 is 19.9 Å². The van der Waals surface area contributed by atoms with Crippen LogP contribution < -0.4 is 14.8 Å². The van der Waals surface area contributed by atoms with Gasteiger partial charge in [-0.2, -0.15) is 0 Å². The Morgan fingerprint density at radius 1 is 1.30 bits per heavy atom. The molecule has 0 atom stereocenters. The highest BCUT2D eigenvalue weighted by molar-refractivity contribution is 6.31. The van der Waals surface area contributed by atoms with E-state index in [4.69, 9.17) is 26.2 Å². The van der Waals surface area contributed by atoms with Crippen LogP contribution in [0.3, 0.4) is 0 Å². The highest BCUT2D eigenvalue weighted by Crippen LogP contribution is 2.27. The molecule has 2 aromatic rings. The first-order valence-corrected chi connectivity index (χ1v) is 6.83. The number of hydrogen-bond acceptors (Lipinski definition) is 5. The molecule has 2 N–H and O–H groups in total. The van der Waals surface area contributed by atoms with Crippen LogP contribution in [0.2, 0.25) is 5.02 Å². The number of benzene rings is 1. The summed E-state index contributed by atoms with van der Waals surface area (Å²) in [7, 11) is 1.47. The number of anilines is 1. The van der Waals surface area contributed by atoms with Gasteiger partial charge in [0.15, 0.2) is 6.61 Å². The molecule has 0 saturated heterocycles. The van der Waals surface area contributed by atoms with Gasteiger partial charge in [-0.1, -0.05) is 11.6 Å². The minimum Gasteiger partial charge on any atom is -0.495 e. The molecule has 0 fully saturated rings. The van der Waals surface area contributed by atoms with E-state index in [1.54, 1.807) is 18.2 Å². The summed E-state index contributed by atoms with van der Waals surface area (Å²) in [5, 5.41) is 11.9. The van der Waals surface area contributed by atoms with E-state index in [9.17, 15) is 9.59 Å². The Morgan fingerprint density at radius 2 is 2.09 bits per heavy atom. The van der Waals surface area contributed by atoms with Crippen molar-refractivity contribution in [3.63, 3.8) is 0 Å². The van der Waals surface area contributed by atoms with Gasteiger partial charge in [0.25, 0.3) is 5.91 Å². The average Bonchev–Trinajstić information content (AvgIpc) is 2.53. The fraction of sp³-hybridized carbons (Fsp3) is 0.133. The predicted octanol–water partition coefficient (Wildman–Crippen LogP) is 2.46. The van der Waals surface area contributed by atoms with Crippen molar-refractivity contribution in [2.24, 2.45) is 0 Å². The molecule has 1 amide bonds. The summed E-state index contributed by atoms with van der Waals surface area (Å²) in [4.78, 5) is 26.6. The number of methoxy groups -OCH3 is 1. The molecule has 0 aliphatic heterocycles. The van der Waals surface area contributed by atoms with Crippen molar-refractivity contribution >= 4 is 29.2 Å². The molecule has 1 heterocycles. The van der Waals surface area contributed by atoms with E-state index >= 15 is 0 Å². The number of halogens is 1. The molecule has 0 bridgehead atoms. The average molecular weight is 337 g/mol. The van der Waals surface area contributed by atoms with Gasteiger partial charge in [-0.05, 0) is 24.3 Å². The standard InChI is InChI=1S/C15H13ClN2O5/c1-22-12-3-2-10(16)7-11(12)18-13(19)8-23-14-6-9(15(20)21)4-5-17-14/h2-7H,8H2,1H3,(H,18,19)(H,20,21). The van der Waals surface area contributed by atoms with Crippen LogP contribution in [0, 0.1) is 0 Å². The van der Waals surface area contributed by atoms with Crippen molar-refractivity contribution < 1.29 is 24.2 Å². The lowest BCUT2D eigenvalue weighted by Gasteiger charge is -2.11. The Labute approximate surface area is 136 Å². The second-order valence-corrected chi connectivity index (χ2v) is 4.81. The van der Waals surface area contributed by atoms with Crippen molar-refractivity contribution in [1.82, 2.24) is 4.98 Å². The van der Waals surface area contributed by atoms with Crippen molar-refractivity contribution in [2.45, 2.75) is 0 Å². The quantitative estimate of drug-likeness (QED) is 0.841. The number of pyridine rings is 1.